The van der Waals surface area contributed by atoms with Gasteiger partial charge in [-0.2, -0.15) is 4.98 Å². The first kappa shape index (κ1) is 13.8. The molecule has 1 aromatic carbocycles. The second-order valence-corrected chi connectivity index (χ2v) is 4.71. The molecule has 4 nitrogen and oxygen atoms in total. The predicted molar refractivity (Wildman–Crippen MR) is 76.5 cm³/mol. The first-order chi connectivity index (χ1) is 9.01. The number of nitrogens with zero attached hydrogens (tertiary/aromatic N) is 1. The number of hydrogen-bond donors (Lipinski definition) is 1. The average molecular weight is 299 g/mol. The number of methoxy groups -OCH3 is 1. The van der Waals surface area contributed by atoms with E-state index in [4.69, 9.17) is 38.4 Å². The van der Waals surface area contributed by atoms with Crippen molar-refractivity contribution >= 4 is 29.0 Å². The van der Waals surface area contributed by atoms with Gasteiger partial charge in [-0.25, -0.2) is 0 Å². The van der Waals surface area contributed by atoms with E-state index in [9.17, 15) is 0 Å². The quantitative estimate of drug-likeness (QED) is 0.927. The van der Waals surface area contributed by atoms with Crippen molar-refractivity contribution in [2.45, 2.75) is 6.92 Å². The van der Waals surface area contributed by atoms with Gasteiger partial charge in [0.25, 0.3) is 0 Å². The van der Waals surface area contributed by atoms with Gasteiger partial charge in [-0.1, -0.05) is 29.3 Å². The van der Waals surface area contributed by atoms with E-state index in [1.807, 2.05) is 19.1 Å². The Morgan fingerprint density at radius 2 is 1.84 bits per heavy atom. The minimum atomic E-state index is 0.159. The van der Waals surface area contributed by atoms with Crippen LogP contribution in [-0.2, 0) is 0 Å². The minimum Gasteiger partial charge on any atom is -0.493 e. The number of pyridine rings is 1. The van der Waals surface area contributed by atoms with E-state index in [1.54, 1.807) is 13.2 Å². The summed E-state index contributed by atoms with van der Waals surface area (Å²) >= 11 is 11.8. The third-order valence-corrected chi connectivity index (χ3v) is 3.02. The summed E-state index contributed by atoms with van der Waals surface area (Å²) in [7, 11) is 1.56. The molecule has 0 fully saturated rings. The number of hydrogen-bond acceptors (Lipinski definition) is 4. The van der Waals surface area contributed by atoms with E-state index in [2.05, 4.69) is 4.98 Å². The highest BCUT2D eigenvalue weighted by Gasteiger charge is 2.12. The summed E-state index contributed by atoms with van der Waals surface area (Å²) < 4.78 is 10.9. The van der Waals surface area contributed by atoms with Crippen molar-refractivity contribution in [2.75, 3.05) is 12.8 Å². The first-order valence-electron chi connectivity index (χ1n) is 5.45. The molecule has 100 valence electrons. The molecule has 1 aromatic heterocycles. The lowest BCUT2D eigenvalue weighted by Crippen LogP contribution is -1.97. The van der Waals surface area contributed by atoms with Gasteiger partial charge in [0.1, 0.15) is 10.8 Å². The van der Waals surface area contributed by atoms with Crippen LogP contribution in [0.2, 0.25) is 10.0 Å². The highest BCUT2D eigenvalue weighted by molar-refractivity contribution is 6.36. The molecule has 0 spiro atoms. The normalized spacial score (nSPS) is 10.3. The largest absolute Gasteiger partial charge is 0.493 e. The maximum absolute atomic E-state index is 6.01. The Morgan fingerprint density at radius 3 is 2.53 bits per heavy atom. The number of halogens is 2. The van der Waals surface area contributed by atoms with Crippen molar-refractivity contribution in [2.24, 2.45) is 0 Å². The number of anilines is 1. The lowest BCUT2D eigenvalue weighted by molar-refractivity contribution is 0.374. The fourth-order valence-corrected chi connectivity index (χ4v) is 1.90. The van der Waals surface area contributed by atoms with Gasteiger partial charge < -0.3 is 15.2 Å². The predicted octanol–water partition coefficient (Wildman–Crippen LogP) is 4.08. The Bertz CT molecular complexity index is 618. The number of nitrogen functional groups attached to an aromatic ring is 1. The van der Waals surface area contributed by atoms with Crippen LogP contribution in [-0.4, -0.2) is 12.1 Å². The molecule has 0 aliphatic rings. The second kappa shape index (κ2) is 5.55. The van der Waals surface area contributed by atoms with Gasteiger partial charge in [-0.15, -0.1) is 0 Å². The van der Waals surface area contributed by atoms with E-state index >= 15 is 0 Å². The fourth-order valence-electron chi connectivity index (χ4n) is 1.50. The maximum atomic E-state index is 6.01. The van der Waals surface area contributed by atoms with E-state index < -0.39 is 0 Å². The van der Waals surface area contributed by atoms with Crippen molar-refractivity contribution in [3.8, 4) is 17.4 Å². The Morgan fingerprint density at radius 1 is 1.11 bits per heavy atom. The lowest BCUT2D eigenvalue weighted by atomic mass is 10.2. The van der Waals surface area contributed by atoms with E-state index in [1.165, 1.54) is 6.07 Å². The standard InChI is InChI=1S/C13H12Cl2N2O2/c1-7-3-4-10(11(5-7)18-2)19-13-9(15)6-8(14)12(16)17-13/h3-6H,1-2H3,(H2,16,17). The number of benzene rings is 1. The molecule has 1 heterocycles. The molecule has 0 aliphatic heterocycles. The molecule has 0 aliphatic carbocycles. The van der Waals surface area contributed by atoms with Gasteiger partial charge >= 0.3 is 0 Å². The summed E-state index contributed by atoms with van der Waals surface area (Å²) in [6, 6.07) is 7.01. The number of rotatable bonds is 3. The minimum absolute atomic E-state index is 0.159. The average Bonchev–Trinajstić information content (AvgIpc) is 2.37. The number of aryl methyl sites for hydroxylation is 1. The SMILES string of the molecule is COc1cc(C)ccc1Oc1nc(N)c(Cl)cc1Cl. The summed E-state index contributed by atoms with van der Waals surface area (Å²) in [5.41, 5.74) is 6.68. The van der Waals surface area contributed by atoms with Crippen LogP contribution in [0.5, 0.6) is 17.4 Å². The topological polar surface area (TPSA) is 57.4 Å². The summed E-state index contributed by atoms with van der Waals surface area (Å²) in [6.45, 7) is 1.96. The van der Waals surface area contributed by atoms with Crippen molar-refractivity contribution in [1.29, 1.82) is 0 Å². The zero-order chi connectivity index (χ0) is 14.0. The number of aromatic nitrogens is 1. The second-order valence-electron chi connectivity index (χ2n) is 3.90. The van der Waals surface area contributed by atoms with Crippen LogP contribution in [0.3, 0.4) is 0 Å². The van der Waals surface area contributed by atoms with Crippen LogP contribution in [0.15, 0.2) is 24.3 Å². The number of nitrogens with two attached hydrogens (primary N) is 1. The molecule has 19 heavy (non-hydrogen) atoms. The maximum Gasteiger partial charge on any atom is 0.240 e. The molecule has 0 radical (unpaired) electrons. The van der Waals surface area contributed by atoms with Crippen LogP contribution in [0.4, 0.5) is 5.82 Å². The molecule has 6 heteroatoms. The van der Waals surface area contributed by atoms with Crippen molar-refractivity contribution in [3.05, 3.63) is 39.9 Å². The molecule has 2 N–H and O–H groups in total. The van der Waals surface area contributed by atoms with Crippen LogP contribution < -0.4 is 15.2 Å². The van der Waals surface area contributed by atoms with Gasteiger partial charge in [-0.3, -0.25) is 0 Å². The third-order valence-electron chi connectivity index (χ3n) is 2.45. The van der Waals surface area contributed by atoms with Crippen LogP contribution in [0, 0.1) is 6.92 Å². The molecule has 0 saturated carbocycles. The van der Waals surface area contributed by atoms with E-state index in [0.717, 1.165) is 5.56 Å². The van der Waals surface area contributed by atoms with Crippen LogP contribution in [0.25, 0.3) is 0 Å². The summed E-state index contributed by atoms with van der Waals surface area (Å²) in [6.07, 6.45) is 0. The zero-order valence-electron chi connectivity index (χ0n) is 10.4. The van der Waals surface area contributed by atoms with Gasteiger partial charge in [0, 0.05) is 0 Å². The highest BCUT2D eigenvalue weighted by atomic mass is 35.5. The van der Waals surface area contributed by atoms with Crippen molar-refractivity contribution in [1.82, 2.24) is 4.98 Å². The Kier molecular flexibility index (Phi) is 4.02. The monoisotopic (exact) mass is 298 g/mol. The molecule has 0 bridgehead atoms. The highest BCUT2D eigenvalue weighted by Crippen LogP contribution is 2.36. The summed E-state index contributed by atoms with van der Waals surface area (Å²) in [4.78, 5) is 4.00. The molecule has 2 aromatic rings. The van der Waals surface area contributed by atoms with Gasteiger partial charge in [-0.05, 0) is 30.7 Å². The lowest BCUT2D eigenvalue weighted by Gasteiger charge is -2.12. The molecular weight excluding hydrogens is 287 g/mol. The zero-order valence-corrected chi connectivity index (χ0v) is 11.9. The van der Waals surface area contributed by atoms with Gasteiger partial charge in [0.2, 0.25) is 5.88 Å². The fraction of sp³-hybridized carbons (Fsp3) is 0.154. The van der Waals surface area contributed by atoms with E-state index in [-0.39, 0.29) is 21.7 Å². The smallest absolute Gasteiger partial charge is 0.240 e. The molecule has 0 unspecified atom stereocenters. The third kappa shape index (κ3) is 3.03. The summed E-state index contributed by atoms with van der Waals surface area (Å²) in [5, 5.41) is 0.565. The molecule has 0 saturated heterocycles. The Hall–Kier alpha value is -1.65. The summed E-state index contributed by atoms with van der Waals surface area (Å²) in [5.74, 6) is 1.44. The van der Waals surface area contributed by atoms with Gasteiger partial charge in [0.15, 0.2) is 11.5 Å². The Balaban J connectivity index is 2.39. The first-order valence-corrected chi connectivity index (χ1v) is 6.21. The van der Waals surface area contributed by atoms with Crippen LogP contribution in [0.1, 0.15) is 5.56 Å². The molecule has 0 atom stereocenters. The molecule has 2 rings (SSSR count). The van der Waals surface area contributed by atoms with Crippen LogP contribution >= 0.6 is 23.2 Å². The Labute approximate surface area is 121 Å². The van der Waals surface area contributed by atoms with Crippen molar-refractivity contribution in [3.63, 3.8) is 0 Å². The molecule has 0 amide bonds. The number of ether oxygens (including phenoxy) is 2. The van der Waals surface area contributed by atoms with Gasteiger partial charge in [0.05, 0.1) is 12.1 Å². The molecular formula is C13H12Cl2N2O2. The van der Waals surface area contributed by atoms with E-state index in [0.29, 0.717) is 11.5 Å². The van der Waals surface area contributed by atoms with Crippen molar-refractivity contribution < 1.29 is 9.47 Å².